The summed E-state index contributed by atoms with van der Waals surface area (Å²) < 4.78 is 0. The largest absolute Gasteiger partial charge is 0.368 e. The number of allylic oxidation sites excluding steroid dienone is 6. The van der Waals surface area contributed by atoms with Crippen LogP contribution in [0.1, 0.15) is 31.7 Å². The van der Waals surface area contributed by atoms with Crippen molar-refractivity contribution >= 4 is 46.5 Å². The molecule has 2 aliphatic rings. The average molecular weight is 460 g/mol. The predicted molar refractivity (Wildman–Crippen MR) is 129 cm³/mol. The van der Waals surface area contributed by atoms with Crippen LogP contribution in [0.2, 0.25) is 0 Å². The van der Waals surface area contributed by atoms with Crippen LogP contribution in [0, 0.1) is 0 Å². The smallest absolute Gasteiger partial charge is 0.221 e. The zero-order valence-electron chi connectivity index (χ0n) is 17.5. The Hall–Kier alpha value is -2.91. The summed E-state index contributed by atoms with van der Waals surface area (Å²) in [4.78, 5) is 19.9. The Balaban J connectivity index is 1.42. The summed E-state index contributed by atoms with van der Waals surface area (Å²) in [7, 11) is 0. The number of thiocarbonyl (C=S) groups is 1. The van der Waals surface area contributed by atoms with Gasteiger partial charge in [0.25, 0.3) is 0 Å². The summed E-state index contributed by atoms with van der Waals surface area (Å²) in [5, 5.41) is 17.1. The lowest BCUT2D eigenvalue weighted by Gasteiger charge is -2.17. The summed E-state index contributed by atoms with van der Waals surface area (Å²) in [5.74, 6) is 1.68. The number of rotatable bonds is 8. The maximum absolute atomic E-state index is 11.1. The van der Waals surface area contributed by atoms with E-state index in [9.17, 15) is 4.79 Å². The average Bonchev–Trinajstić information content (AvgIpc) is 3.11. The van der Waals surface area contributed by atoms with Crippen LogP contribution in [0.3, 0.4) is 0 Å². The molecule has 0 radical (unpaired) electrons. The Morgan fingerprint density at radius 3 is 2.94 bits per heavy atom. The fourth-order valence-corrected chi connectivity index (χ4v) is 3.73. The zero-order chi connectivity index (χ0) is 22.2. The van der Waals surface area contributed by atoms with Crippen LogP contribution in [0.5, 0.6) is 0 Å². The van der Waals surface area contributed by atoms with E-state index < -0.39 is 0 Å². The van der Waals surface area contributed by atoms with Crippen LogP contribution in [0.15, 0.2) is 53.1 Å². The molecule has 3 rings (SSSR count). The van der Waals surface area contributed by atoms with E-state index in [1.54, 1.807) is 6.33 Å². The Labute approximate surface area is 192 Å². The van der Waals surface area contributed by atoms with Crippen molar-refractivity contribution in [3.05, 3.63) is 58.7 Å². The summed E-state index contributed by atoms with van der Waals surface area (Å²) in [6.45, 7) is 5.16. The molecule has 164 valence electrons. The van der Waals surface area contributed by atoms with Crippen LogP contribution in [-0.4, -0.2) is 40.6 Å². The summed E-state index contributed by atoms with van der Waals surface area (Å²) >= 11 is 11.5. The molecule has 31 heavy (non-hydrogen) atoms. The van der Waals surface area contributed by atoms with Gasteiger partial charge in [0.15, 0.2) is 5.11 Å². The van der Waals surface area contributed by atoms with Gasteiger partial charge in [0.2, 0.25) is 5.91 Å². The molecular weight excluding hydrogens is 434 g/mol. The molecule has 5 N–H and O–H groups in total. The Bertz CT molecular complexity index is 970. The molecule has 0 aromatic carbocycles. The molecule has 1 atom stereocenters. The molecule has 1 aliphatic heterocycles. The zero-order valence-corrected chi connectivity index (χ0v) is 19.0. The lowest BCUT2D eigenvalue weighted by Crippen LogP contribution is -2.37. The highest BCUT2D eigenvalue weighted by Crippen LogP contribution is 2.46. The summed E-state index contributed by atoms with van der Waals surface area (Å²) in [6, 6.07) is 0. The maximum Gasteiger partial charge on any atom is 0.221 e. The van der Waals surface area contributed by atoms with Gasteiger partial charge in [-0.2, -0.15) is 0 Å². The second-order valence-corrected chi connectivity index (χ2v) is 7.89. The maximum atomic E-state index is 11.1. The first kappa shape index (κ1) is 22.8. The molecule has 2 heterocycles. The number of anilines is 2. The third-order valence-electron chi connectivity index (χ3n) is 4.73. The van der Waals surface area contributed by atoms with Gasteiger partial charge >= 0.3 is 0 Å². The van der Waals surface area contributed by atoms with Crippen molar-refractivity contribution in [2.75, 3.05) is 30.3 Å². The van der Waals surface area contributed by atoms with E-state index in [0.717, 1.165) is 40.0 Å². The number of aromatic nitrogens is 2. The van der Waals surface area contributed by atoms with Gasteiger partial charge in [0.05, 0.1) is 0 Å². The molecule has 0 spiro atoms. The van der Waals surface area contributed by atoms with Crippen molar-refractivity contribution in [2.45, 2.75) is 26.2 Å². The number of hydrogen-bond acceptors (Lipinski definition) is 6. The Morgan fingerprint density at radius 1 is 1.32 bits per heavy atom. The van der Waals surface area contributed by atoms with Crippen molar-refractivity contribution in [1.82, 2.24) is 25.9 Å². The summed E-state index contributed by atoms with van der Waals surface area (Å²) in [6.07, 6.45) is 11.8. The van der Waals surface area contributed by atoms with Crippen molar-refractivity contribution in [3.63, 3.8) is 0 Å². The van der Waals surface area contributed by atoms with E-state index in [1.165, 1.54) is 6.92 Å². The number of fused-ring (bicyclic) bond motifs is 3. The second-order valence-electron chi connectivity index (χ2n) is 6.99. The predicted octanol–water partition coefficient (Wildman–Crippen LogP) is 2.87. The molecule has 1 aromatic heterocycles. The highest BCUT2D eigenvalue weighted by atomic mass is 35.5. The third-order valence-corrected chi connectivity index (χ3v) is 5.29. The molecule has 8 nitrogen and oxygen atoms in total. The molecule has 1 unspecified atom stereocenters. The van der Waals surface area contributed by atoms with Crippen LogP contribution in [-0.2, 0) is 4.79 Å². The van der Waals surface area contributed by atoms with Crippen molar-refractivity contribution in [1.29, 1.82) is 0 Å². The lowest BCUT2D eigenvalue weighted by molar-refractivity contribution is -0.118. The van der Waals surface area contributed by atoms with Crippen LogP contribution in [0.4, 0.5) is 11.6 Å². The van der Waals surface area contributed by atoms with Crippen molar-refractivity contribution in [3.8, 4) is 0 Å². The third kappa shape index (κ3) is 6.28. The number of carbonyl (C=O) groups excluding carboxylic acids is 1. The SMILES string of the molecule is C/C=C(\C=C/CNC(=S)NCCNc1ncnc2c1C1CC(Cl)=CC=C1N2)NC(C)=O. The minimum Gasteiger partial charge on any atom is -0.368 e. The van der Waals surface area contributed by atoms with E-state index in [0.29, 0.717) is 24.7 Å². The van der Waals surface area contributed by atoms with Gasteiger partial charge in [-0.05, 0) is 43.8 Å². The first-order valence-electron chi connectivity index (χ1n) is 10.0. The van der Waals surface area contributed by atoms with E-state index in [2.05, 4.69) is 36.6 Å². The van der Waals surface area contributed by atoms with Gasteiger partial charge in [0.1, 0.15) is 18.0 Å². The second kappa shape index (κ2) is 10.9. The number of nitrogens with zero attached hydrogens (tertiary/aromatic N) is 2. The molecule has 10 heteroatoms. The van der Waals surface area contributed by atoms with Gasteiger partial charge in [-0.3, -0.25) is 4.79 Å². The van der Waals surface area contributed by atoms with E-state index in [4.69, 9.17) is 23.8 Å². The molecule has 0 saturated carbocycles. The standard InChI is InChI=1S/C21H26ClN7OS/c1-3-15(28-13(2)30)5-4-8-24-21(31)25-10-9-23-19-18-16-11-14(22)6-7-17(16)29-20(18)27-12-26-19/h3-7,12,16H,8-11H2,1-2H3,(H,28,30)(H2,24,25,31)(H2,23,26,27,29)/b5-4-,15-3+. The van der Waals surface area contributed by atoms with E-state index >= 15 is 0 Å². The van der Waals surface area contributed by atoms with Crippen molar-refractivity contribution in [2.24, 2.45) is 0 Å². The van der Waals surface area contributed by atoms with Gasteiger partial charge in [-0.25, -0.2) is 9.97 Å². The van der Waals surface area contributed by atoms with Crippen LogP contribution >= 0.6 is 23.8 Å². The molecule has 0 bridgehead atoms. The molecular formula is C21H26ClN7OS. The number of amides is 1. The fourth-order valence-electron chi connectivity index (χ4n) is 3.33. The van der Waals surface area contributed by atoms with Crippen LogP contribution < -0.4 is 26.6 Å². The highest BCUT2D eigenvalue weighted by molar-refractivity contribution is 7.80. The van der Waals surface area contributed by atoms with E-state index in [-0.39, 0.29) is 11.8 Å². The highest BCUT2D eigenvalue weighted by Gasteiger charge is 2.33. The molecule has 0 fully saturated rings. The van der Waals surface area contributed by atoms with Crippen LogP contribution in [0.25, 0.3) is 0 Å². The van der Waals surface area contributed by atoms with Gasteiger partial charge in [-0.1, -0.05) is 23.8 Å². The number of carbonyl (C=O) groups is 1. The Morgan fingerprint density at radius 2 is 2.16 bits per heavy atom. The normalized spacial score (nSPS) is 17.1. The molecule has 1 aliphatic carbocycles. The quantitative estimate of drug-likeness (QED) is 0.230. The van der Waals surface area contributed by atoms with Crippen molar-refractivity contribution < 1.29 is 4.79 Å². The number of hydrogen-bond donors (Lipinski definition) is 5. The minimum absolute atomic E-state index is 0.101. The van der Waals surface area contributed by atoms with E-state index in [1.807, 2.05) is 37.3 Å². The first-order chi connectivity index (χ1) is 15.0. The number of halogens is 1. The monoisotopic (exact) mass is 459 g/mol. The fraction of sp³-hybridized carbons (Fsp3) is 0.333. The summed E-state index contributed by atoms with van der Waals surface area (Å²) in [5.41, 5.74) is 2.89. The molecule has 1 aromatic rings. The van der Waals surface area contributed by atoms with Gasteiger partial charge < -0.3 is 26.6 Å². The molecule has 1 amide bonds. The Kier molecular flexibility index (Phi) is 8.02. The minimum atomic E-state index is -0.101. The first-order valence-corrected chi connectivity index (χ1v) is 10.8. The number of nitrogens with one attached hydrogen (secondary N) is 5. The molecule has 0 saturated heterocycles. The lowest BCUT2D eigenvalue weighted by atomic mass is 9.93. The van der Waals surface area contributed by atoms with Gasteiger partial charge in [-0.15, -0.1) is 0 Å². The van der Waals surface area contributed by atoms with Gasteiger partial charge in [0, 0.05) is 54.5 Å². The topological polar surface area (TPSA) is 103 Å².